The number of halogens is 3. The molecule has 0 saturated heterocycles. The van der Waals surface area contributed by atoms with E-state index in [2.05, 4.69) is 21.2 Å². The Hall–Kier alpha value is -1.59. The van der Waals surface area contributed by atoms with E-state index in [1.165, 1.54) is 12.1 Å². The largest absolute Gasteiger partial charge is 0.396 e. The molecule has 0 unspecified atom stereocenters. The molecule has 6 heteroatoms. The molecule has 0 aromatic heterocycles. The van der Waals surface area contributed by atoms with Crippen LogP contribution in [0.5, 0.6) is 0 Å². The molecule has 0 heterocycles. The average Bonchev–Trinajstić information content (AvgIpc) is 2.39. The first-order chi connectivity index (χ1) is 9.38. The number of nitrogen functional groups attached to an aromatic ring is 1. The SMILES string of the molecule is Cc1cc(Br)c(NC(=O)c2ccc(N)c(F)c2)cc1Cl. The highest BCUT2D eigenvalue weighted by molar-refractivity contribution is 9.10. The number of hydrogen-bond acceptors (Lipinski definition) is 2. The summed E-state index contributed by atoms with van der Waals surface area (Å²) >= 11 is 9.35. The van der Waals surface area contributed by atoms with Crippen LogP contribution in [0.25, 0.3) is 0 Å². The average molecular weight is 358 g/mol. The minimum absolute atomic E-state index is 0.00103. The van der Waals surface area contributed by atoms with E-state index in [-0.39, 0.29) is 11.3 Å². The third-order valence-corrected chi connectivity index (χ3v) is 3.82. The van der Waals surface area contributed by atoms with Crippen LogP contribution < -0.4 is 11.1 Å². The summed E-state index contributed by atoms with van der Waals surface area (Å²) in [5, 5.41) is 3.20. The van der Waals surface area contributed by atoms with Gasteiger partial charge in [-0.25, -0.2) is 4.39 Å². The lowest BCUT2D eigenvalue weighted by atomic mass is 10.1. The van der Waals surface area contributed by atoms with Crippen LogP contribution in [-0.4, -0.2) is 5.91 Å². The van der Waals surface area contributed by atoms with E-state index in [4.69, 9.17) is 17.3 Å². The van der Waals surface area contributed by atoms with Gasteiger partial charge in [0, 0.05) is 15.1 Å². The second kappa shape index (κ2) is 5.81. The van der Waals surface area contributed by atoms with Crippen molar-refractivity contribution in [3.05, 3.63) is 56.8 Å². The van der Waals surface area contributed by atoms with Gasteiger partial charge in [-0.1, -0.05) is 11.6 Å². The van der Waals surface area contributed by atoms with E-state index in [0.29, 0.717) is 15.2 Å². The molecule has 0 radical (unpaired) electrons. The second-order valence-electron chi connectivity index (χ2n) is 4.27. The molecule has 0 aliphatic carbocycles. The summed E-state index contributed by atoms with van der Waals surface area (Å²) in [6.07, 6.45) is 0. The molecule has 0 fully saturated rings. The van der Waals surface area contributed by atoms with Gasteiger partial charge < -0.3 is 11.1 Å². The fourth-order valence-electron chi connectivity index (χ4n) is 1.60. The number of amides is 1. The number of benzene rings is 2. The maximum Gasteiger partial charge on any atom is 0.255 e. The van der Waals surface area contributed by atoms with Crippen molar-refractivity contribution in [3.63, 3.8) is 0 Å². The number of nitrogens with one attached hydrogen (secondary N) is 1. The number of carbonyl (C=O) groups excluding carboxylic acids is 1. The van der Waals surface area contributed by atoms with Crippen LogP contribution in [0.15, 0.2) is 34.8 Å². The van der Waals surface area contributed by atoms with Gasteiger partial charge in [0.25, 0.3) is 5.91 Å². The Bertz CT molecular complexity index is 691. The van der Waals surface area contributed by atoms with E-state index >= 15 is 0 Å². The highest BCUT2D eigenvalue weighted by atomic mass is 79.9. The minimum Gasteiger partial charge on any atom is -0.396 e. The van der Waals surface area contributed by atoms with Crippen molar-refractivity contribution in [2.75, 3.05) is 11.1 Å². The Balaban J connectivity index is 2.27. The molecule has 104 valence electrons. The van der Waals surface area contributed by atoms with Gasteiger partial charge in [0.2, 0.25) is 0 Å². The highest BCUT2D eigenvalue weighted by Gasteiger charge is 2.11. The first kappa shape index (κ1) is 14.8. The molecule has 3 N–H and O–H groups in total. The van der Waals surface area contributed by atoms with Crippen LogP contribution in [0.1, 0.15) is 15.9 Å². The summed E-state index contributed by atoms with van der Waals surface area (Å²) in [7, 11) is 0. The first-order valence-electron chi connectivity index (χ1n) is 5.70. The summed E-state index contributed by atoms with van der Waals surface area (Å²) in [5.41, 5.74) is 6.95. The smallest absolute Gasteiger partial charge is 0.255 e. The van der Waals surface area contributed by atoms with Crippen LogP contribution in [0, 0.1) is 12.7 Å². The number of nitrogens with two attached hydrogens (primary N) is 1. The van der Waals surface area contributed by atoms with Gasteiger partial charge in [-0.2, -0.15) is 0 Å². The van der Waals surface area contributed by atoms with Crippen molar-refractivity contribution in [2.24, 2.45) is 0 Å². The van der Waals surface area contributed by atoms with Crippen LogP contribution in [-0.2, 0) is 0 Å². The molecule has 0 saturated carbocycles. The highest BCUT2D eigenvalue weighted by Crippen LogP contribution is 2.29. The minimum atomic E-state index is -0.626. The van der Waals surface area contributed by atoms with Crippen molar-refractivity contribution in [1.82, 2.24) is 0 Å². The van der Waals surface area contributed by atoms with Gasteiger partial charge in [0.1, 0.15) is 5.82 Å². The van der Waals surface area contributed by atoms with Crippen molar-refractivity contribution in [1.29, 1.82) is 0 Å². The molecule has 3 nitrogen and oxygen atoms in total. The normalized spacial score (nSPS) is 10.4. The number of rotatable bonds is 2. The monoisotopic (exact) mass is 356 g/mol. The number of carbonyl (C=O) groups is 1. The Morgan fingerprint density at radius 3 is 2.70 bits per heavy atom. The van der Waals surface area contributed by atoms with Gasteiger partial charge in [-0.3, -0.25) is 4.79 Å². The quantitative estimate of drug-likeness (QED) is 0.783. The summed E-state index contributed by atoms with van der Waals surface area (Å²) in [6.45, 7) is 1.86. The van der Waals surface area contributed by atoms with Gasteiger partial charge >= 0.3 is 0 Å². The molecular weight excluding hydrogens is 347 g/mol. The molecule has 0 atom stereocenters. The molecule has 0 spiro atoms. The maximum atomic E-state index is 13.3. The Morgan fingerprint density at radius 1 is 1.35 bits per heavy atom. The lowest BCUT2D eigenvalue weighted by molar-refractivity contribution is 0.102. The molecule has 2 rings (SSSR count). The van der Waals surface area contributed by atoms with Gasteiger partial charge in [0.15, 0.2) is 0 Å². The second-order valence-corrected chi connectivity index (χ2v) is 5.53. The van der Waals surface area contributed by atoms with Gasteiger partial charge in [0.05, 0.1) is 11.4 Å². The van der Waals surface area contributed by atoms with Crippen LogP contribution >= 0.6 is 27.5 Å². The van der Waals surface area contributed by atoms with E-state index in [0.717, 1.165) is 11.6 Å². The van der Waals surface area contributed by atoms with Gasteiger partial charge in [-0.05, 0) is 58.7 Å². The first-order valence-corrected chi connectivity index (χ1v) is 6.87. The topological polar surface area (TPSA) is 55.1 Å². The predicted octanol–water partition coefficient (Wildman–Crippen LogP) is 4.38. The zero-order chi connectivity index (χ0) is 14.9. The number of anilines is 2. The fraction of sp³-hybridized carbons (Fsp3) is 0.0714. The van der Waals surface area contributed by atoms with E-state index in [1.807, 2.05) is 6.92 Å². The molecule has 0 aliphatic rings. The van der Waals surface area contributed by atoms with Crippen LogP contribution in [0.2, 0.25) is 5.02 Å². The van der Waals surface area contributed by atoms with Crippen molar-refractivity contribution in [2.45, 2.75) is 6.92 Å². The van der Waals surface area contributed by atoms with Crippen LogP contribution in [0.4, 0.5) is 15.8 Å². The Labute approximate surface area is 129 Å². The summed E-state index contributed by atoms with van der Waals surface area (Å²) in [4.78, 5) is 12.0. The zero-order valence-electron chi connectivity index (χ0n) is 10.5. The number of hydrogen-bond donors (Lipinski definition) is 2. The maximum absolute atomic E-state index is 13.3. The van der Waals surface area contributed by atoms with E-state index in [9.17, 15) is 9.18 Å². The lowest BCUT2D eigenvalue weighted by Crippen LogP contribution is -2.13. The molecule has 0 aliphatic heterocycles. The van der Waals surface area contributed by atoms with Crippen molar-refractivity contribution in [3.8, 4) is 0 Å². The van der Waals surface area contributed by atoms with Crippen molar-refractivity contribution >= 4 is 44.8 Å². The fourth-order valence-corrected chi connectivity index (χ4v) is 2.33. The van der Waals surface area contributed by atoms with Crippen molar-refractivity contribution < 1.29 is 9.18 Å². The predicted molar refractivity (Wildman–Crippen MR) is 82.7 cm³/mol. The van der Waals surface area contributed by atoms with E-state index < -0.39 is 11.7 Å². The summed E-state index contributed by atoms with van der Waals surface area (Å²) in [5.74, 6) is -1.07. The Morgan fingerprint density at radius 2 is 2.05 bits per heavy atom. The summed E-state index contributed by atoms with van der Waals surface area (Å²) in [6, 6.07) is 7.32. The standard InChI is InChI=1S/C14H11BrClFN2O/c1-7-4-9(15)13(6-10(7)16)19-14(20)8-2-3-12(18)11(17)5-8/h2-6H,18H2,1H3,(H,19,20). The van der Waals surface area contributed by atoms with Gasteiger partial charge in [-0.15, -0.1) is 0 Å². The summed E-state index contributed by atoms with van der Waals surface area (Å²) < 4.78 is 14.0. The molecule has 1 amide bonds. The Kier molecular flexibility index (Phi) is 4.30. The molecule has 20 heavy (non-hydrogen) atoms. The number of aryl methyl sites for hydroxylation is 1. The lowest BCUT2D eigenvalue weighted by Gasteiger charge is -2.10. The molecular formula is C14H11BrClFN2O. The molecule has 2 aromatic rings. The van der Waals surface area contributed by atoms with E-state index in [1.54, 1.807) is 12.1 Å². The van der Waals surface area contributed by atoms with Crippen LogP contribution in [0.3, 0.4) is 0 Å². The molecule has 2 aromatic carbocycles. The third-order valence-electron chi connectivity index (χ3n) is 2.76. The zero-order valence-corrected chi connectivity index (χ0v) is 12.8. The molecule has 0 bridgehead atoms. The third kappa shape index (κ3) is 3.11.